The molecule has 3 N–H and O–H groups in total. The van der Waals surface area contributed by atoms with E-state index in [0.717, 1.165) is 6.42 Å². The second kappa shape index (κ2) is 13.0. The summed E-state index contributed by atoms with van der Waals surface area (Å²) < 4.78 is 29.0. The maximum Gasteiger partial charge on any atom is 0.527 e. The van der Waals surface area contributed by atoms with E-state index in [9.17, 15) is 19.0 Å². The standard InChI is InChI=1S/C31H33N2O7P/c1-5-7-15-39-41(36,37)40-29-18-28(33-31(35)26-19-32-27-14-9-8-13-23(27)30(26)34)25(17-24(29)20(3)4)21-11-10-12-22(16-21)38-6-2/h8-14,16-19H,3,5-7,15H2,1-2,4H3,(H,32,34)(H,33,35)(H,36,37). The lowest BCUT2D eigenvalue weighted by atomic mass is 9.97. The summed E-state index contributed by atoms with van der Waals surface area (Å²) >= 11 is 0. The van der Waals surface area contributed by atoms with E-state index < -0.39 is 19.2 Å². The number of amides is 1. The van der Waals surface area contributed by atoms with Crippen molar-refractivity contribution in [2.75, 3.05) is 18.5 Å². The molecular weight excluding hydrogens is 543 g/mol. The Hall–Kier alpha value is -4.17. The number of hydrogen-bond donors (Lipinski definition) is 3. The van der Waals surface area contributed by atoms with E-state index in [0.29, 0.717) is 51.9 Å². The van der Waals surface area contributed by atoms with Crippen molar-refractivity contribution in [1.29, 1.82) is 0 Å². The van der Waals surface area contributed by atoms with Crippen molar-refractivity contribution >= 4 is 35.9 Å². The molecule has 0 saturated heterocycles. The van der Waals surface area contributed by atoms with Gasteiger partial charge in [0, 0.05) is 34.3 Å². The summed E-state index contributed by atoms with van der Waals surface area (Å²) in [5.41, 5.74) is 2.56. The molecule has 1 unspecified atom stereocenters. The smallest absolute Gasteiger partial charge is 0.494 e. The number of hydrogen-bond acceptors (Lipinski definition) is 6. The number of phosphoric acid groups is 1. The number of unbranched alkanes of at least 4 members (excludes halogenated alkanes) is 1. The first-order valence-corrected chi connectivity index (χ1v) is 14.8. The molecule has 9 nitrogen and oxygen atoms in total. The van der Waals surface area contributed by atoms with Gasteiger partial charge in [-0.2, -0.15) is 0 Å². The lowest BCUT2D eigenvalue weighted by molar-refractivity contribution is 0.102. The minimum atomic E-state index is -4.49. The average molecular weight is 577 g/mol. The molecular formula is C31H33N2O7P. The van der Waals surface area contributed by atoms with Crippen LogP contribution in [0.25, 0.3) is 27.6 Å². The molecule has 214 valence electrons. The third kappa shape index (κ3) is 7.13. The molecule has 0 saturated carbocycles. The third-order valence-corrected chi connectivity index (χ3v) is 7.22. The van der Waals surface area contributed by atoms with E-state index in [-0.39, 0.29) is 23.6 Å². The number of H-pyrrole nitrogens is 1. The van der Waals surface area contributed by atoms with Crippen LogP contribution in [0.5, 0.6) is 11.5 Å². The van der Waals surface area contributed by atoms with Gasteiger partial charge < -0.3 is 19.6 Å². The van der Waals surface area contributed by atoms with Crippen molar-refractivity contribution in [3.8, 4) is 22.6 Å². The first kappa shape index (κ1) is 29.8. The summed E-state index contributed by atoms with van der Waals surface area (Å²) in [7, 11) is -4.49. The van der Waals surface area contributed by atoms with Crippen LogP contribution in [-0.2, 0) is 9.09 Å². The number of nitrogens with one attached hydrogen (secondary N) is 2. The predicted molar refractivity (Wildman–Crippen MR) is 162 cm³/mol. The minimum absolute atomic E-state index is 0.00716. The summed E-state index contributed by atoms with van der Waals surface area (Å²) in [4.78, 5) is 40.0. The quantitative estimate of drug-likeness (QED) is 0.120. The van der Waals surface area contributed by atoms with Gasteiger partial charge in [-0.1, -0.05) is 44.2 Å². The van der Waals surface area contributed by atoms with Gasteiger partial charge in [-0.25, -0.2) is 4.57 Å². The highest BCUT2D eigenvalue weighted by Crippen LogP contribution is 2.48. The summed E-state index contributed by atoms with van der Waals surface area (Å²) in [5.74, 6) is -0.0541. The minimum Gasteiger partial charge on any atom is -0.494 e. The van der Waals surface area contributed by atoms with Gasteiger partial charge in [0.15, 0.2) is 0 Å². The van der Waals surface area contributed by atoms with Crippen molar-refractivity contribution in [3.05, 3.63) is 94.8 Å². The van der Waals surface area contributed by atoms with Crippen LogP contribution in [-0.4, -0.2) is 29.0 Å². The fourth-order valence-electron chi connectivity index (χ4n) is 4.25. The molecule has 1 aromatic heterocycles. The van der Waals surface area contributed by atoms with Gasteiger partial charge in [0.25, 0.3) is 5.91 Å². The zero-order valence-electron chi connectivity index (χ0n) is 23.2. The molecule has 4 rings (SSSR count). The second-order valence-corrected chi connectivity index (χ2v) is 10.8. The number of anilines is 1. The highest BCUT2D eigenvalue weighted by molar-refractivity contribution is 7.47. The Balaban J connectivity index is 1.83. The number of aromatic nitrogens is 1. The van der Waals surface area contributed by atoms with Gasteiger partial charge in [-0.15, -0.1) is 0 Å². The van der Waals surface area contributed by atoms with Crippen molar-refractivity contribution < 1.29 is 28.0 Å². The van der Waals surface area contributed by atoms with Gasteiger partial charge in [-0.3, -0.25) is 19.0 Å². The SMILES string of the molecule is C=C(C)c1cc(-c2cccc(OCC)c2)c(NC(=O)c2c[nH]c3ccccc3c2=O)cc1OP(=O)(O)OCCCC. The Morgan fingerprint density at radius 1 is 1.07 bits per heavy atom. The van der Waals surface area contributed by atoms with Crippen molar-refractivity contribution in [1.82, 2.24) is 4.98 Å². The first-order valence-electron chi connectivity index (χ1n) is 13.3. The van der Waals surface area contributed by atoms with E-state index in [4.69, 9.17) is 13.8 Å². The topological polar surface area (TPSA) is 127 Å². The van der Waals surface area contributed by atoms with E-state index in [2.05, 4.69) is 16.9 Å². The van der Waals surface area contributed by atoms with Crippen molar-refractivity contribution in [2.45, 2.75) is 33.6 Å². The molecule has 0 spiro atoms. The van der Waals surface area contributed by atoms with Crippen LogP contribution in [0.1, 0.15) is 49.5 Å². The molecule has 1 amide bonds. The Labute approximate surface area is 238 Å². The summed E-state index contributed by atoms with van der Waals surface area (Å²) in [5, 5.41) is 3.18. The number of fused-ring (bicyclic) bond motifs is 1. The number of carbonyl (C=O) groups excluding carboxylic acids is 1. The van der Waals surface area contributed by atoms with Gasteiger partial charge in [0.2, 0.25) is 5.43 Å². The largest absolute Gasteiger partial charge is 0.527 e. The highest BCUT2D eigenvalue weighted by Gasteiger charge is 2.26. The molecule has 0 aliphatic carbocycles. The van der Waals surface area contributed by atoms with Crippen molar-refractivity contribution in [2.24, 2.45) is 0 Å². The number of allylic oxidation sites excluding steroid dienone is 1. The van der Waals surface area contributed by atoms with Gasteiger partial charge in [-0.05, 0) is 61.7 Å². The number of carbonyl (C=O) groups is 1. The monoisotopic (exact) mass is 576 g/mol. The van der Waals surface area contributed by atoms with Crippen LogP contribution in [0, 0.1) is 0 Å². The number of phosphoric ester groups is 1. The summed E-state index contributed by atoms with van der Waals surface area (Å²) in [6, 6.07) is 17.3. The van der Waals surface area contributed by atoms with Crippen LogP contribution in [0.2, 0.25) is 0 Å². The molecule has 0 aliphatic heterocycles. The fourth-order valence-corrected chi connectivity index (χ4v) is 5.06. The number of benzene rings is 3. The summed E-state index contributed by atoms with van der Waals surface area (Å²) in [6.45, 7) is 10.0. The van der Waals surface area contributed by atoms with Crippen LogP contribution >= 0.6 is 7.82 Å². The van der Waals surface area contributed by atoms with Crippen LogP contribution in [0.15, 0.2) is 78.2 Å². The molecule has 10 heteroatoms. The van der Waals surface area contributed by atoms with Gasteiger partial charge in [0.05, 0.1) is 18.9 Å². The van der Waals surface area contributed by atoms with Crippen LogP contribution in [0.4, 0.5) is 5.69 Å². The fraction of sp³-hybridized carbons (Fsp3) is 0.226. The Kier molecular flexibility index (Phi) is 9.45. The maximum atomic E-state index is 13.5. The number of para-hydroxylation sites is 1. The lowest BCUT2D eigenvalue weighted by Gasteiger charge is -2.20. The molecule has 1 atom stereocenters. The molecule has 4 aromatic rings. The Morgan fingerprint density at radius 2 is 1.85 bits per heavy atom. The molecule has 0 bridgehead atoms. The molecule has 3 aromatic carbocycles. The van der Waals surface area contributed by atoms with Crippen LogP contribution < -0.4 is 20.0 Å². The number of aromatic amines is 1. The Bertz CT molecular complexity index is 1700. The van der Waals surface area contributed by atoms with E-state index >= 15 is 0 Å². The normalized spacial score (nSPS) is 12.5. The number of rotatable bonds is 12. The predicted octanol–water partition coefficient (Wildman–Crippen LogP) is 7.18. The third-order valence-electron chi connectivity index (χ3n) is 6.28. The number of ether oxygens (including phenoxy) is 1. The molecule has 0 radical (unpaired) electrons. The maximum absolute atomic E-state index is 13.5. The van der Waals surface area contributed by atoms with Crippen LogP contribution in [0.3, 0.4) is 0 Å². The van der Waals surface area contributed by atoms with E-state index in [1.54, 1.807) is 37.3 Å². The number of pyridine rings is 1. The lowest BCUT2D eigenvalue weighted by Crippen LogP contribution is -2.22. The zero-order chi connectivity index (χ0) is 29.6. The average Bonchev–Trinajstić information content (AvgIpc) is 2.93. The summed E-state index contributed by atoms with van der Waals surface area (Å²) in [6.07, 6.45) is 2.72. The molecule has 41 heavy (non-hydrogen) atoms. The second-order valence-electron chi connectivity index (χ2n) is 9.41. The van der Waals surface area contributed by atoms with Gasteiger partial charge >= 0.3 is 7.82 Å². The molecule has 0 fully saturated rings. The van der Waals surface area contributed by atoms with E-state index in [1.807, 2.05) is 38.1 Å². The van der Waals surface area contributed by atoms with Crippen molar-refractivity contribution in [3.63, 3.8) is 0 Å². The first-order chi connectivity index (χ1) is 19.6. The molecule has 0 aliphatic rings. The molecule has 1 heterocycles. The highest BCUT2D eigenvalue weighted by atomic mass is 31.2. The Morgan fingerprint density at radius 3 is 2.59 bits per heavy atom. The van der Waals surface area contributed by atoms with E-state index in [1.165, 1.54) is 12.3 Å². The zero-order valence-corrected chi connectivity index (χ0v) is 24.1. The van der Waals surface area contributed by atoms with Gasteiger partial charge in [0.1, 0.15) is 17.1 Å².